The van der Waals surface area contributed by atoms with Gasteiger partial charge in [-0.2, -0.15) is 13.2 Å². The van der Waals surface area contributed by atoms with Gasteiger partial charge in [0, 0.05) is 32.7 Å². The van der Waals surface area contributed by atoms with E-state index in [0.29, 0.717) is 0 Å². The molecule has 0 unspecified atom stereocenters. The van der Waals surface area contributed by atoms with Crippen LogP contribution in [0.25, 0.3) is 0 Å². The first-order valence-electron chi connectivity index (χ1n) is 4.60. The number of carbonyl (C=O) groups excluding carboxylic acids is 1. The second-order valence-electron chi connectivity index (χ2n) is 3.12. The van der Waals surface area contributed by atoms with E-state index in [2.05, 4.69) is 4.89 Å². The smallest absolute Gasteiger partial charge is 0.485 e. The van der Waals surface area contributed by atoms with E-state index in [9.17, 15) is 28.0 Å². The molecule has 0 saturated heterocycles. The molecule has 0 saturated carbocycles. The molecule has 0 heterocycles. The number of carboxylic acid groups (broad SMARTS) is 1. The molecule has 0 amide bonds. The molecule has 8 nitrogen and oxygen atoms in total. The number of alkyl halides is 3. The van der Waals surface area contributed by atoms with Crippen LogP contribution in [0.5, 0.6) is 0 Å². The van der Waals surface area contributed by atoms with E-state index in [1.54, 1.807) is 0 Å². The largest absolute Gasteiger partial charge is 0.741 e. The Bertz CT molecular complexity index is 628. The van der Waals surface area contributed by atoms with Crippen molar-refractivity contribution in [3.05, 3.63) is 35.4 Å². The first-order chi connectivity index (χ1) is 9.41. The zero-order valence-electron chi connectivity index (χ0n) is 10.2. The molecule has 0 aliphatic heterocycles. The topological polar surface area (TPSA) is 144 Å². The standard InChI is InChI=1S/C8H6O5.CHF3O3S.Y/c9-7(10)5-3-1-2-4-6(5)8(11)13-12;2-1(3,4)8(5,6)7;/h1-4,12H,(H,9,10);(H,5,6,7);/p-2. The van der Waals surface area contributed by atoms with Gasteiger partial charge >= 0.3 is 17.4 Å². The van der Waals surface area contributed by atoms with Gasteiger partial charge in [0.1, 0.15) is 0 Å². The van der Waals surface area contributed by atoms with Crippen molar-refractivity contribution < 1.29 is 83.7 Å². The molecule has 0 aliphatic carbocycles. The molecule has 1 aromatic carbocycles. The number of hydrogen-bond acceptors (Lipinski definition) is 7. The van der Waals surface area contributed by atoms with E-state index in [0.717, 1.165) is 0 Å². The summed E-state index contributed by atoms with van der Waals surface area (Å²) in [5.41, 5.74) is -6.14. The van der Waals surface area contributed by atoms with Gasteiger partial charge in [-0.15, -0.1) is 0 Å². The van der Waals surface area contributed by atoms with Crippen molar-refractivity contribution in [3.8, 4) is 0 Å². The summed E-state index contributed by atoms with van der Waals surface area (Å²) >= 11 is 0. The van der Waals surface area contributed by atoms with Crippen LogP contribution in [0.1, 0.15) is 20.7 Å². The number of carbonyl (C=O) groups is 2. The Balaban J connectivity index is 0. The van der Waals surface area contributed by atoms with Crippen LogP contribution in [0.15, 0.2) is 24.3 Å². The Morgan fingerprint density at radius 3 is 1.77 bits per heavy atom. The minimum atomic E-state index is -6.09. The summed E-state index contributed by atoms with van der Waals surface area (Å²) in [6, 6.07) is 5.32. The van der Waals surface area contributed by atoms with Gasteiger partial charge in [0.15, 0.2) is 10.1 Å². The van der Waals surface area contributed by atoms with Crippen molar-refractivity contribution in [2.45, 2.75) is 5.51 Å². The summed E-state index contributed by atoms with van der Waals surface area (Å²) < 4.78 is 58.9. The zero-order chi connectivity index (χ0) is 16.8. The fourth-order valence-corrected chi connectivity index (χ4v) is 0.892. The Morgan fingerprint density at radius 2 is 1.50 bits per heavy atom. The van der Waals surface area contributed by atoms with Crippen LogP contribution in [0, 0.1) is 0 Å². The third-order valence-electron chi connectivity index (χ3n) is 1.74. The minimum absolute atomic E-state index is 0. The zero-order valence-corrected chi connectivity index (χ0v) is 13.9. The second kappa shape index (κ2) is 9.15. The quantitative estimate of drug-likeness (QED) is 0.302. The van der Waals surface area contributed by atoms with Gasteiger partial charge in [-0.05, 0) is 12.1 Å². The molecule has 1 aromatic rings. The summed E-state index contributed by atoms with van der Waals surface area (Å²) in [6.45, 7) is 0. The first kappa shape index (κ1) is 23.2. The Morgan fingerprint density at radius 1 is 1.14 bits per heavy atom. The Labute approximate surface area is 146 Å². The number of benzene rings is 1. The molecule has 0 aliphatic rings. The molecule has 0 bridgehead atoms. The van der Waals surface area contributed by atoms with Crippen molar-refractivity contribution in [2.75, 3.05) is 0 Å². The number of aromatic carboxylic acids is 1. The van der Waals surface area contributed by atoms with Crippen LogP contribution in [-0.2, 0) is 47.7 Å². The molecule has 0 fully saturated rings. The van der Waals surface area contributed by atoms with Gasteiger partial charge in [-0.25, -0.2) is 18.0 Å². The van der Waals surface area contributed by atoms with Crippen molar-refractivity contribution in [1.29, 1.82) is 0 Å². The Hall–Kier alpha value is -1.08. The maximum absolute atomic E-state index is 10.7. The van der Waals surface area contributed by atoms with Crippen molar-refractivity contribution in [2.24, 2.45) is 0 Å². The SMILES string of the molecule is O=C(O)c1ccccc1C(=O)O[O-].O=S(=O)([O-])C(F)(F)F.[Y]. The predicted molar refractivity (Wildman–Crippen MR) is 54.6 cm³/mol. The van der Waals surface area contributed by atoms with E-state index < -0.39 is 27.6 Å². The normalized spacial score (nSPS) is 10.6. The summed E-state index contributed by atoms with van der Waals surface area (Å²) in [5.74, 6) is -2.47. The van der Waals surface area contributed by atoms with E-state index in [4.69, 9.17) is 18.1 Å². The van der Waals surface area contributed by atoms with Crippen LogP contribution in [-0.4, -0.2) is 35.5 Å². The van der Waals surface area contributed by atoms with Gasteiger partial charge in [0.2, 0.25) is 0 Å². The molecule has 22 heavy (non-hydrogen) atoms. The van der Waals surface area contributed by atoms with Gasteiger partial charge in [-0.3, -0.25) is 0 Å². The molecule has 1 radical (unpaired) electrons. The van der Waals surface area contributed by atoms with Crippen LogP contribution in [0.2, 0.25) is 0 Å². The number of hydrogen-bond donors (Lipinski definition) is 1. The van der Waals surface area contributed by atoms with Crippen molar-refractivity contribution in [3.63, 3.8) is 0 Å². The monoisotopic (exact) mass is 419 g/mol. The summed E-state index contributed by atoms with van der Waals surface area (Å²) in [4.78, 5) is 24.4. The third kappa shape index (κ3) is 7.27. The minimum Gasteiger partial charge on any atom is -0.741 e. The first-order valence-corrected chi connectivity index (χ1v) is 6.01. The molecule has 1 N–H and O–H groups in total. The maximum atomic E-state index is 10.7. The third-order valence-corrected chi connectivity index (χ3v) is 2.30. The summed E-state index contributed by atoms with van der Waals surface area (Å²) in [7, 11) is -6.09. The molecule has 0 atom stereocenters. The molecule has 13 heteroatoms. The van der Waals surface area contributed by atoms with Crippen LogP contribution in [0.4, 0.5) is 13.2 Å². The predicted octanol–water partition coefficient (Wildman–Crippen LogP) is -0.134. The molecule has 0 aromatic heterocycles. The van der Waals surface area contributed by atoms with E-state index in [1.165, 1.54) is 24.3 Å². The van der Waals surface area contributed by atoms with Crippen LogP contribution >= 0.6 is 0 Å². The van der Waals surface area contributed by atoms with Gasteiger partial charge < -0.3 is 19.8 Å². The van der Waals surface area contributed by atoms with Gasteiger partial charge in [-0.1, -0.05) is 12.1 Å². The summed E-state index contributed by atoms with van der Waals surface area (Å²) in [6.07, 6.45) is 0. The average molecular weight is 419 g/mol. The molecular formula is C9H5F3O8SY-2. The summed E-state index contributed by atoms with van der Waals surface area (Å²) in [5, 5.41) is 18.4. The number of rotatable bonds is 2. The van der Waals surface area contributed by atoms with Gasteiger partial charge in [0.25, 0.3) is 0 Å². The van der Waals surface area contributed by atoms with Crippen molar-refractivity contribution in [1.82, 2.24) is 0 Å². The molecule has 121 valence electrons. The number of carboxylic acids is 1. The second-order valence-corrected chi connectivity index (χ2v) is 4.49. The van der Waals surface area contributed by atoms with Crippen LogP contribution < -0.4 is 5.26 Å². The molecule has 1 rings (SSSR count). The maximum Gasteiger partial charge on any atom is 0.485 e. The van der Waals surface area contributed by atoms with Gasteiger partial charge in [0.05, 0.1) is 11.1 Å². The van der Waals surface area contributed by atoms with E-state index in [-0.39, 0.29) is 43.8 Å². The Kier molecular flexibility index (Phi) is 9.65. The fourth-order valence-electron chi connectivity index (χ4n) is 0.892. The molecule has 0 spiro atoms. The van der Waals surface area contributed by atoms with E-state index >= 15 is 0 Å². The number of halogens is 3. The van der Waals surface area contributed by atoms with E-state index in [1.807, 2.05) is 0 Å². The van der Waals surface area contributed by atoms with Crippen LogP contribution in [0.3, 0.4) is 0 Å². The fraction of sp³-hybridized carbons (Fsp3) is 0.111. The van der Waals surface area contributed by atoms with Crippen molar-refractivity contribution >= 4 is 22.1 Å². The molecular weight excluding hydrogens is 414 g/mol. The average Bonchev–Trinajstić information content (AvgIpc) is 2.36.